The number of nitrogens with zero attached hydrogens (tertiary/aromatic N) is 2. The molecule has 1 aromatic carbocycles. The lowest BCUT2D eigenvalue weighted by Gasteiger charge is -2.05. The van der Waals surface area contributed by atoms with Gasteiger partial charge >= 0.3 is 12.0 Å². The summed E-state index contributed by atoms with van der Waals surface area (Å²) in [5, 5.41) is 0.472. The number of aromatic nitrogens is 1. The van der Waals surface area contributed by atoms with Gasteiger partial charge in [0.25, 0.3) is 0 Å². The number of ether oxygens (including phenoxy) is 2. The minimum atomic E-state index is -0.712. The number of isocyanates is 1. The van der Waals surface area contributed by atoms with E-state index in [9.17, 15) is 14.4 Å². The molecule has 2 rings (SSSR count). The summed E-state index contributed by atoms with van der Waals surface area (Å²) in [4.78, 5) is 36.3. The van der Waals surface area contributed by atoms with Crippen molar-refractivity contribution in [2.75, 3.05) is 13.7 Å². The van der Waals surface area contributed by atoms with Gasteiger partial charge in [-0.3, -0.25) is 4.57 Å². The summed E-state index contributed by atoms with van der Waals surface area (Å²) in [6.07, 6.45) is 2.72. The second-order valence-corrected chi connectivity index (χ2v) is 3.97. The quantitative estimate of drug-likeness (QED) is 0.514. The van der Waals surface area contributed by atoms with E-state index in [1.165, 1.54) is 25.5 Å². The van der Waals surface area contributed by atoms with Crippen molar-refractivity contribution >= 4 is 34.7 Å². The summed E-state index contributed by atoms with van der Waals surface area (Å²) in [7, 11) is 1.25. The molecule has 108 valence electrons. The summed E-state index contributed by atoms with van der Waals surface area (Å²) < 4.78 is 10.8. The van der Waals surface area contributed by atoms with E-state index in [2.05, 4.69) is 9.73 Å². The first kappa shape index (κ1) is 14.3. The molecule has 0 aliphatic rings. The van der Waals surface area contributed by atoms with E-state index in [1.54, 1.807) is 12.1 Å². The molecule has 0 atom stereocenters. The zero-order valence-corrected chi connectivity index (χ0v) is 11.0. The van der Waals surface area contributed by atoms with Crippen LogP contribution in [0.15, 0.2) is 29.4 Å². The smallest absolute Gasteiger partial charge is 0.343 e. The summed E-state index contributed by atoms with van der Waals surface area (Å²) >= 11 is 0. The van der Waals surface area contributed by atoms with E-state index in [1.807, 2.05) is 0 Å². The van der Waals surface area contributed by atoms with Crippen molar-refractivity contribution in [1.82, 2.24) is 4.57 Å². The molecule has 0 fully saturated rings. The van der Waals surface area contributed by atoms with Gasteiger partial charge < -0.3 is 15.2 Å². The van der Waals surface area contributed by atoms with E-state index < -0.39 is 12.0 Å². The van der Waals surface area contributed by atoms with Crippen LogP contribution in [-0.4, -0.2) is 36.4 Å². The lowest BCUT2D eigenvalue weighted by atomic mass is 10.2. The van der Waals surface area contributed by atoms with Gasteiger partial charge in [0.15, 0.2) is 6.61 Å². The van der Waals surface area contributed by atoms with Gasteiger partial charge in [0.2, 0.25) is 6.08 Å². The maximum atomic E-state index is 11.3. The highest BCUT2D eigenvalue weighted by atomic mass is 16.6. The van der Waals surface area contributed by atoms with Crippen molar-refractivity contribution in [3.05, 3.63) is 24.4 Å². The van der Waals surface area contributed by atoms with Gasteiger partial charge in [-0.05, 0) is 18.2 Å². The number of methoxy groups -OCH3 is 1. The van der Waals surface area contributed by atoms with Crippen LogP contribution in [0.4, 0.5) is 10.5 Å². The van der Waals surface area contributed by atoms with E-state index in [0.717, 1.165) is 4.57 Å². The van der Waals surface area contributed by atoms with Crippen LogP contribution in [-0.2, 0) is 14.3 Å². The Morgan fingerprint density at radius 2 is 2.19 bits per heavy atom. The lowest BCUT2D eigenvalue weighted by molar-refractivity contribution is -0.142. The number of carbonyl (C=O) groups excluding carboxylic acids is 3. The van der Waals surface area contributed by atoms with Crippen LogP contribution in [0.25, 0.3) is 10.9 Å². The average molecular weight is 289 g/mol. The van der Waals surface area contributed by atoms with Crippen molar-refractivity contribution in [2.45, 2.75) is 0 Å². The fraction of sp³-hybridized carbons (Fsp3) is 0.154. The maximum absolute atomic E-state index is 11.3. The monoisotopic (exact) mass is 289 g/mol. The third-order valence-electron chi connectivity index (χ3n) is 2.74. The Balaban J connectivity index is 2.45. The first-order valence-corrected chi connectivity index (χ1v) is 5.79. The molecule has 0 unspecified atom stereocenters. The van der Waals surface area contributed by atoms with E-state index in [-0.39, 0.29) is 12.3 Å². The molecule has 2 N–H and O–H groups in total. The highest BCUT2D eigenvalue weighted by Crippen LogP contribution is 2.31. The maximum Gasteiger partial charge on any atom is 0.343 e. The number of benzene rings is 1. The topological polar surface area (TPSA) is 113 Å². The average Bonchev–Trinajstić information content (AvgIpc) is 2.83. The molecule has 0 bridgehead atoms. The Morgan fingerprint density at radius 1 is 1.43 bits per heavy atom. The molecule has 0 spiro atoms. The first-order valence-electron chi connectivity index (χ1n) is 5.79. The molecule has 1 aromatic heterocycles. The molecule has 0 aliphatic heterocycles. The van der Waals surface area contributed by atoms with Crippen molar-refractivity contribution in [3.8, 4) is 5.75 Å². The number of aliphatic imine (C=N–C) groups is 1. The lowest BCUT2D eigenvalue weighted by Crippen LogP contribution is -2.18. The standard InChI is InChI=1S/C13H11N3O5/c1-20-12(18)6-21-8-2-3-11-9(4-8)10(15-7-17)5-16(11)13(14)19/h2-5H,6H2,1H3,(H2,14,19). The Labute approximate surface area is 118 Å². The zero-order chi connectivity index (χ0) is 15.4. The predicted octanol–water partition coefficient (Wildman–Crippen LogP) is 1.09. The van der Waals surface area contributed by atoms with Gasteiger partial charge in [0.1, 0.15) is 11.4 Å². The predicted molar refractivity (Wildman–Crippen MR) is 72.2 cm³/mol. The normalized spacial score (nSPS) is 9.95. The highest BCUT2D eigenvalue weighted by molar-refractivity contribution is 5.99. The number of nitrogens with two attached hydrogens (primary N) is 1. The van der Waals surface area contributed by atoms with Crippen LogP contribution >= 0.6 is 0 Å². The van der Waals surface area contributed by atoms with Gasteiger partial charge in [-0.2, -0.15) is 4.99 Å². The number of primary amides is 1. The molecule has 0 saturated heterocycles. The Kier molecular flexibility index (Phi) is 4.01. The number of fused-ring (bicyclic) bond motifs is 1. The van der Waals surface area contributed by atoms with Gasteiger partial charge in [-0.25, -0.2) is 14.4 Å². The van der Waals surface area contributed by atoms with Gasteiger partial charge in [0.05, 0.1) is 12.6 Å². The third-order valence-corrected chi connectivity index (χ3v) is 2.74. The summed E-state index contributed by atoms with van der Waals surface area (Å²) in [5.41, 5.74) is 5.92. The molecular formula is C13H11N3O5. The number of esters is 1. The summed E-state index contributed by atoms with van der Waals surface area (Å²) in [6, 6.07) is 3.94. The van der Waals surface area contributed by atoms with E-state index in [4.69, 9.17) is 10.5 Å². The van der Waals surface area contributed by atoms with Crippen molar-refractivity contribution in [3.63, 3.8) is 0 Å². The van der Waals surface area contributed by atoms with Crippen LogP contribution in [0.5, 0.6) is 5.75 Å². The molecule has 8 nitrogen and oxygen atoms in total. The Hall–Kier alpha value is -3.12. The molecule has 0 radical (unpaired) electrons. The van der Waals surface area contributed by atoms with Crippen molar-refractivity contribution < 1.29 is 23.9 Å². The Morgan fingerprint density at radius 3 is 2.81 bits per heavy atom. The number of rotatable bonds is 4. The fourth-order valence-corrected chi connectivity index (χ4v) is 1.80. The van der Waals surface area contributed by atoms with E-state index >= 15 is 0 Å². The van der Waals surface area contributed by atoms with Crippen LogP contribution in [0.2, 0.25) is 0 Å². The first-order chi connectivity index (χ1) is 10.1. The van der Waals surface area contributed by atoms with Crippen LogP contribution < -0.4 is 10.5 Å². The zero-order valence-electron chi connectivity index (χ0n) is 11.0. The number of hydrogen-bond donors (Lipinski definition) is 1. The summed E-state index contributed by atoms with van der Waals surface area (Å²) in [5.74, 6) is -0.173. The molecule has 2 aromatic rings. The van der Waals surface area contributed by atoms with Gasteiger partial charge in [-0.15, -0.1) is 0 Å². The minimum absolute atomic E-state index is 0.224. The molecular weight excluding hydrogens is 278 g/mol. The molecule has 1 heterocycles. The van der Waals surface area contributed by atoms with Gasteiger partial charge in [0, 0.05) is 11.6 Å². The third kappa shape index (κ3) is 2.90. The van der Waals surface area contributed by atoms with Crippen LogP contribution in [0.1, 0.15) is 0 Å². The molecule has 8 heteroatoms. The minimum Gasteiger partial charge on any atom is -0.482 e. The number of carbonyl (C=O) groups is 2. The summed E-state index contributed by atoms with van der Waals surface area (Å²) in [6.45, 7) is -0.259. The second-order valence-electron chi connectivity index (χ2n) is 3.97. The van der Waals surface area contributed by atoms with Crippen LogP contribution in [0.3, 0.4) is 0 Å². The second kappa shape index (κ2) is 5.89. The van der Waals surface area contributed by atoms with Crippen molar-refractivity contribution in [2.24, 2.45) is 10.7 Å². The molecule has 0 aliphatic carbocycles. The van der Waals surface area contributed by atoms with E-state index in [0.29, 0.717) is 16.7 Å². The SMILES string of the molecule is COC(=O)COc1ccc2c(c1)c(N=C=O)cn2C(N)=O. The fourth-order valence-electron chi connectivity index (χ4n) is 1.80. The molecule has 0 saturated carbocycles. The molecule has 1 amide bonds. The highest BCUT2D eigenvalue weighted by Gasteiger charge is 2.13. The van der Waals surface area contributed by atoms with Crippen molar-refractivity contribution in [1.29, 1.82) is 0 Å². The molecule has 21 heavy (non-hydrogen) atoms. The number of hydrogen-bond acceptors (Lipinski definition) is 6. The Bertz CT molecular complexity index is 758. The van der Waals surface area contributed by atoms with Crippen LogP contribution in [0, 0.1) is 0 Å². The number of amides is 1. The largest absolute Gasteiger partial charge is 0.482 e. The van der Waals surface area contributed by atoms with Gasteiger partial charge in [-0.1, -0.05) is 0 Å².